The summed E-state index contributed by atoms with van der Waals surface area (Å²) in [6.07, 6.45) is 0. The summed E-state index contributed by atoms with van der Waals surface area (Å²) in [6, 6.07) is 12.0. The van der Waals surface area contributed by atoms with Gasteiger partial charge in [-0.2, -0.15) is 0 Å². The summed E-state index contributed by atoms with van der Waals surface area (Å²) in [5.74, 6) is 1.40. The molecule has 0 saturated carbocycles. The van der Waals surface area contributed by atoms with E-state index in [1.165, 1.54) is 10.1 Å². The Balaban J connectivity index is 2.10. The standard InChI is InChI=1S/C13H10O2S/c14-8-11-2-3-12(15-11)9-1-4-13-10(7-9)5-6-16-13/h1-7,14H,8H2. The first-order chi connectivity index (χ1) is 7.86. The highest BCUT2D eigenvalue weighted by Gasteiger charge is 2.05. The first-order valence-electron chi connectivity index (χ1n) is 5.04. The maximum absolute atomic E-state index is 8.94. The lowest BCUT2D eigenvalue weighted by Crippen LogP contribution is -1.75. The largest absolute Gasteiger partial charge is 0.459 e. The number of rotatable bonds is 2. The summed E-state index contributed by atoms with van der Waals surface area (Å²) >= 11 is 1.73. The maximum Gasteiger partial charge on any atom is 0.134 e. The summed E-state index contributed by atoms with van der Waals surface area (Å²) in [6.45, 7) is -0.0549. The van der Waals surface area contributed by atoms with Crippen LogP contribution in [0.1, 0.15) is 5.76 Å². The second kappa shape index (κ2) is 3.77. The van der Waals surface area contributed by atoms with Crippen LogP contribution in [0.25, 0.3) is 21.4 Å². The number of hydrogen-bond acceptors (Lipinski definition) is 3. The fourth-order valence-corrected chi connectivity index (χ4v) is 2.51. The Kier molecular flexibility index (Phi) is 2.27. The van der Waals surface area contributed by atoms with E-state index in [1.54, 1.807) is 17.4 Å². The molecule has 3 rings (SSSR count). The average Bonchev–Trinajstić information content (AvgIpc) is 2.96. The van der Waals surface area contributed by atoms with Crippen molar-refractivity contribution >= 4 is 21.4 Å². The van der Waals surface area contributed by atoms with Gasteiger partial charge in [0.05, 0.1) is 0 Å². The number of aliphatic hydroxyl groups is 1. The molecule has 2 nitrogen and oxygen atoms in total. The van der Waals surface area contributed by atoms with Crippen LogP contribution in [0.3, 0.4) is 0 Å². The Morgan fingerprint density at radius 3 is 2.88 bits per heavy atom. The van der Waals surface area contributed by atoms with Crippen molar-refractivity contribution in [3.63, 3.8) is 0 Å². The van der Waals surface area contributed by atoms with Gasteiger partial charge in [-0.05, 0) is 47.2 Å². The van der Waals surface area contributed by atoms with Crippen molar-refractivity contribution < 1.29 is 9.52 Å². The first kappa shape index (κ1) is 9.63. The van der Waals surface area contributed by atoms with Crippen molar-refractivity contribution in [3.05, 3.63) is 47.5 Å². The monoisotopic (exact) mass is 230 g/mol. The zero-order valence-electron chi connectivity index (χ0n) is 8.51. The first-order valence-corrected chi connectivity index (χ1v) is 5.92. The molecule has 0 aliphatic heterocycles. The number of fused-ring (bicyclic) bond motifs is 1. The van der Waals surface area contributed by atoms with Gasteiger partial charge in [-0.3, -0.25) is 0 Å². The molecular weight excluding hydrogens is 220 g/mol. The van der Waals surface area contributed by atoms with Gasteiger partial charge in [0.2, 0.25) is 0 Å². The van der Waals surface area contributed by atoms with E-state index in [1.807, 2.05) is 12.1 Å². The minimum absolute atomic E-state index is 0.0549. The smallest absolute Gasteiger partial charge is 0.134 e. The van der Waals surface area contributed by atoms with Gasteiger partial charge in [0, 0.05) is 10.3 Å². The van der Waals surface area contributed by atoms with Gasteiger partial charge in [0.15, 0.2) is 0 Å². The van der Waals surface area contributed by atoms with Gasteiger partial charge in [-0.1, -0.05) is 0 Å². The minimum Gasteiger partial charge on any atom is -0.459 e. The van der Waals surface area contributed by atoms with E-state index in [2.05, 4.69) is 23.6 Å². The van der Waals surface area contributed by atoms with E-state index in [9.17, 15) is 0 Å². The molecule has 0 aliphatic carbocycles. The number of benzene rings is 1. The third kappa shape index (κ3) is 1.54. The summed E-state index contributed by atoms with van der Waals surface area (Å²) in [5, 5.41) is 12.2. The lowest BCUT2D eigenvalue weighted by atomic mass is 10.1. The average molecular weight is 230 g/mol. The van der Waals surface area contributed by atoms with Gasteiger partial charge in [-0.25, -0.2) is 0 Å². The van der Waals surface area contributed by atoms with Crippen molar-refractivity contribution in [1.82, 2.24) is 0 Å². The molecule has 0 fully saturated rings. The van der Waals surface area contributed by atoms with Crippen molar-refractivity contribution in [2.45, 2.75) is 6.61 Å². The SMILES string of the molecule is OCc1ccc(-c2ccc3sccc3c2)o1. The minimum atomic E-state index is -0.0549. The zero-order chi connectivity index (χ0) is 11.0. The third-order valence-electron chi connectivity index (χ3n) is 2.55. The summed E-state index contributed by atoms with van der Waals surface area (Å²) < 4.78 is 6.77. The molecule has 2 aromatic heterocycles. The Hall–Kier alpha value is -1.58. The maximum atomic E-state index is 8.94. The molecule has 2 heterocycles. The molecule has 3 heteroatoms. The quantitative estimate of drug-likeness (QED) is 0.729. The second-order valence-electron chi connectivity index (χ2n) is 3.60. The van der Waals surface area contributed by atoms with E-state index in [0.29, 0.717) is 5.76 Å². The number of hydrogen-bond donors (Lipinski definition) is 1. The van der Waals surface area contributed by atoms with Crippen LogP contribution in [-0.2, 0) is 6.61 Å². The molecule has 1 aromatic carbocycles. The van der Waals surface area contributed by atoms with Crippen molar-refractivity contribution in [2.75, 3.05) is 0 Å². The van der Waals surface area contributed by atoms with Crippen LogP contribution in [0.4, 0.5) is 0 Å². The lowest BCUT2D eigenvalue weighted by Gasteiger charge is -1.97. The highest BCUT2D eigenvalue weighted by molar-refractivity contribution is 7.17. The highest BCUT2D eigenvalue weighted by Crippen LogP contribution is 2.28. The summed E-state index contributed by atoms with van der Waals surface area (Å²) in [7, 11) is 0. The topological polar surface area (TPSA) is 33.4 Å². The van der Waals surface area contributed by atoms with Gasteiger partial charge in [0.1, 0.15) is 18.1 Å². The Morgan fingerprint density at radius 2 is 2.06 bits per heavy atom. The molecule has 0 amide bonds. The lowest BCUT2D eigenvalue weighted by molar-refractivity contribution is 0.248. The van der Waals surface area contributed by atoms with E-state index in [4.69, 9.17) is 9.52 Å². The van der Waals surface area contributed by atoms with Gasteiger partial charge >= 0.3 is 0 Å². The Bertz CT molecular complexity index is 621. The van der Waals surface area contributed by atoms with E-state index in [0.717, 1.165) is 11.3 Å². The fraction of sp³-hybridized carbons (Fsp3) is 0.0769. The van der Waals surface area contributed by atoms with Crippen LogP contribution < -0.4 is 0 Å². The molecule has 16 heavy (non-hydrogen) atoms. The van der Waals surface area contributed by atoms with Crippen LogP contribution in [-0.4, -0.2) is 5.11 Å². The molecule has 3 aromatic rings. The number of furan rings is 1. The second-order valence-corrected chi connectivity index (χ2v) is 4.54. The van der Waals surface area contributed by atoms with Gasteiger partial charge in [0.25, 0.3) is 0 Å². The van der Waals surface area contributed by atoms with Crippen molar-refractivity contribution in [3.8, 4) is 11.3 Å². The predicted molar refractivity (Wildman–Crippen MR) is 65.4 cm³/mol. The third-order valence-corrected chi connectivity index (χ3v) is 3.45. The molecule has 0 radical (unpaired) electrons. The Labute approximate surface area is 96.8 Å². The van der Waals surface area contributed by atoms with E-state index >= 15 is 0 Å². The molecule has 0 spiro atoms. The molecule has 0 bridgehead atoms. The number of thiophene rings is 1. The molecule has 80 valence electrons. The molecule has 0 atom stereocenters. The normalized spacial score (nSPS) is 11.1. The summed E-state index contributed by atoms with van der Waals surface area (Å²) in [5.41, 5.74) is 1.05. The van der Waals surface area contributed by atoms with E-state index in [-0.39, 0.29) is 6.61 Å². The molecule has 0 unspecified atom stereocenters. The predicted octanol–water partition coefficient (Wildman–Crippen LogP) is 3.65. The van der Waals surface area contributed by atoms with Crippen LogP contribution >= 0.6 is 11.3 Å². The van der Waals surface area contributed by atoms with Crippen LogP contribution in [0.15, 0.2) is 46.2 Å². The van der Waals surface area contributed by atoms with E-state index < -0.39 is 0 Å². The Morgan fingerprint density at radius 1 is 1.12 bits per heavy atom. The molecule has 0 aliphatic rings. The molecular formula is C13H10O2S. The zero-order valence-corrected chi connectivity index (χ0v) is 9.33. The van der Waals surface area contributed by atoms with Crippen molar-refractivity contribution in [2.24, 2.45) is 0 Å². The van der Waals surface area contributed by atoms with Gasteiger partial charge in [-0.15, -0.1) is 11.3 Å². The molecule has 1 N–H and O–H groups in total. The molecule has 0 saturated heterocycles. The van der Waals surface area contributed by atoms with Crippen LogP contribution in [0.2, 0.25) is 0 Å². The summed E-state index contributed by atoms with van der Waals surface area (Å²) in [4.78, 5) is 0. The van der Waals surface area contributed by atoms with Crippen LogP contribution in [0, 0.1) is 0 Å². The van der Waals surface area contributed by atoms with Crippen molar-refractivity contribution in [1.29, 1.82) is 0 Å². The highest BCUT2D eigenvalue weighted by atomic mass is 32.1. The van der Waals surface area contributed by atoms with Gasteiger partial charge < -0.3 is 9.52 Å². The number of aliphatic hydroxyl groups excluding tert-OH is 1. The fourth-order valence-electron chi connectivity index (χ4n) is 1.74. The van der Waals surface area contributed by atoms with Crippen LogP contribution in [0.5, 0.6) is 0 Å².